The molecule has 0 saturated carbocycles. The van der Waals surface area contributed by atoms with E-state index in [0.717, 1.165) is 12.0 Å². The Kier molecular flexibility index (Phi) is 4.71. The molecule has 5 heteroatoms. The van der Waals surface area contributed by atoms with Crippen LogP contribution < -0.4 is 5.56 Å². The maximum atomic E-state index is 12.0. The summed E-state index contributed by atoms with van der Waals surface area (Å²) in [4.78, 5) is 19.4. The quantitative estimate of drug-likeness (QED) is 0.842. The third-order valence-electron chi connectivity index (χ3n) is 2.89. The van der Waals surface area contributed by atoms with Crippen molar-refractivity contribution in [3.05, 3.63) is 50.1 Å². The summed E-state index contributed by atoms with van der Waals surface area (Å²) < 4.78 is 5.93. The van der Waals surface area contributed by atoms with Crippen molar-refractivity contribution in [1.82, 2.24) is 9.97 Å². The predicted molar refractivity (Wildman–Crippen MR) is 83.1 cm³/mol. The Morgan fingerprint density at radius 2 is 2.05 bits per heavy atom. The van der Waals surface area contributed by atoms with Crippen LogP contribution in [-0.2, 0) is 4.74 Å². The second kappa shape index (κ2) is 6.29. The summed E-state index contributed by atoms with van der Waals surface area (Å²) in [5, 5.41) is 0. The fourth-order valence-electron chi connectivity index (χ4n) is 1.89. The number of benzene rings is 1. The summed E-state index contributed by atoms with van der Waals surface area (Å²) in [5.74, 6) is 0.578. The molecular formula is C14H15IN2O2. The molecule has 1 aromatic carbocycles. The van der Waals surface area contributed by atoms with Crippen LogP contribution in [0.5, 0.6) is 0 Å². The average Bonchev–Trinajstić information content (AvgIpc) is 2.44. The SMILES string of the molecule is CCC(OC)c1nc(-c2ccccc2)c(I)c(=O)[nH]1. The number of ether oxygens (including phenoxy) is 1. The topological polar surface area (TPSA) is 55.0 Å². The van der Waals surface area contributed by atoms with Gasteiger partial charge < -0.3 is 9.72 Å². The van der Waals surface area contributed by atoms with E-state index in [-0.39, 0.29) is 11.7 Å². The van der Waals surface area contributed by atoms with Crippen molar-refractivity contribution in [1.29, 1.82) is 0 Å². The van der Waals surface area contributed by atoms with Crippen molar-refractivity contribution < 1.29 is 4.74 Å². The van der Waals surface area contributed by atoms with Crippen LogP contribution in [-0.4, -0.2) is 17.1 Å². The Balaban J connectivity index is 2.58. The molecule has 100 valence electrons. The van der Waals surface area contributed by atoms with Crippen LogP contribution >= 0.6 is 22.6 Å². The largest absolute Gasteiger partial charge is 0.374 e. The maximum Gasteiger partial charge on any atom is 0.265 e. The number of nitrogens with one attached hydrogen (secondary N) is 1. The number of H-pyrrole nitrogens is 1. The summed E-state index contributed by atoms with van der Waals surface area (Å²) in [6.07, 6.45) is 0.570. The van der Waals surface area contributed by atoms with Gasteiger partial charge in [-0.05, 0) is 29.0 Å². The van der Waals surface area contributed by atoms with E-state index in [2.05, 4.69) is 9.97 Å². The Labute approximate surface area is 125 Å². The smallest absolute Gasteiger partial charge is 0.265 e. The maximum absolute atomic E-state index is 12.0. The minimum atomic E-state index is -0.188. The zero-order valence-electron chi connectivity index (χ0n) is 10.8. The van der Waals surface area contributed by atoms with Gasteiger partial charge in [0, 0.05) is 12.7 Å². The highest BCUT2D eigenvalue weighted by molar-refractivity contribution is 14.1. The number of hydrogen-bond acceptors (Lipinski definition) is 3. The van der Waals surface area contributed by atoms with Gasteiger partial charge in [0.25, 0.3) is 5.56 Å². The highest BCUT2D eigenvalue weighted by Crippen LogP contribution is 2.23. The molecule has 0 radical (unpaired) electrons. The van der Waals surface area contributed by atoms with Gasteiger partial charge in [0.1, 0.15) is 15.5 Å². The monoisotopic (exact) mass is 370 g/mol. The fourth-order valence-corrected chi connectivity index (χ4v) is 2.45. The molecule has 0 spiro atoms. The van der Waals surface area contributed by atoms with Gasteiger partial charge in [-0.15, -0.1) is 0 Å². The molecule has 0 aliphatic rings. The Bertz CT molecular complexity index is 607. The van der Waals surface area contributed by atoms with Crippen molar-refractivity contribution in [2.45, 2.75) is 19.4 Å². The van der Waals surface area contributed by atoms with Gasteiger partial charge >= 0.3 is 0 Å². The van der Waals surface area contributed by atoms with Crippen LogP contribution in [0.2, 0.25) is 0 Å². The van der Waals surface area contributed by atoms with E-state index in [1.165, 1.54) is 0 Å². The Morgan fingerprint density at radius 1 is 1.37 bits per heavy atom. The van der Waals surface area contributed by atoms with Crippen LogP contribution in [0.25, 0.3) is 11.3 Å². The van der Waals surface area contributed by atoms with Crippen molar-refractivity contribution in [2.75, 3.05) is 7.11 Å². The summed E-state index contributed by atoms with van der Waals surface area (Å²) in [6, 6.07) is 9.69. The van der Waals surface area contributed by atoms with Crippen molar-refractivity contribution in [3.8, 4) is 11.3 Å². The van der Waals surface area contributed by atoms with Crippen LogP contribution in [0, 0.1) is 3.57 Å². The molecule has 2 rings (SSSR count). The molecule has 0 saturated heterocycles. The zero-order valence-corrected chi connectivity index (χ0v) is 13.0. The first kappa shape index (κ1) is 14.2. The summed E-state index contributed by atoms with van der Waals surface area (Å²) in [5.41, 5.74) is 1.51. The van der Waals surface area contributed by atoms with Crippen LogP contribution in [0.3, 0.4) is 0 Å². The molecule has 4 nitrogen and oxygen atoms in total. The zero-order chi connectivity index (χ0) is 13.8. The Hall–Kier alpha value is -1.21. The van der Waals surface area contributed by atoms with Gasteiger partial charge in [0.2, 0.25) is 0 Å². The van der Waals surface area contributed by atoms with E-state index < -0.39 is 0 Å². The van der Waals surface area contributed by atoms with Crippen molar-refractivity contribution in [2.24, 2.45) is 0 Å². The van der Waals surface area contributed by atoms with E-state index in [4.69, 9.17) is 4.74 Å². The number of methoxy groups -OCH3 is 1. The lowest BCUT2D eigenvalue weighted by Crippen LogP contribution is -2.19. The van der Waals surface area contributed by atoms with Crippen molar-refractivity contribution >= 4 is 22.6 Å². The average molecular weight is 370 g/mol. The molecule has 1 unspecified atom stereocenters. The van der Waals surface area contributed by atoms with Crippen LogP contribution in [0.15, 0.2) is 35.1 Å². The lowest BCUT2D eigenvalue weighted by molar-refractivity contribution is 0.0924. The van der Waals surface area contributed by atoms with Gasteiger partial charge in [-0.25, -0.2) is 4.98 Å². The van der Waals surface area contributed by atoms with Gasteiger partial charge in [-0.2, -0.15) is 0 Å². The number of halogens is 1. The third kappa shape index (κ3) is 3.03. The number of rotatable bonds is 4. The van der Waals surface area contributed by atoms with Gasteiger partial charge in [-0.3, -0.25) is 4.79 Å². The molecule has 19 heavy (non-hydrogen) atoms. The molecule has 2 aromatic rings. The molecule has 0 amide bonds. The number of aromatic amines is 1. The molecule has 1 aromatic heterocycles. The number of aromatic nitrogens is 2. The first-order chi connectivity index (χ1) is 9.17. The van der Waals surface area contributed by atoms with Crippen molar-refractivity contribution in [3.63, 3.8) is 0 Å². The molecular weight excluding hydrogens is 355 g/mol. The predicted octanol–water partition coefficient (Wildman–Crippen LogP) is 3.14. The minimum Gasteiger partial charge on any atom is -0.374 e. The standard InChI is InChI=1S/C14H15IN2O2/c1-3-10(19-2)13-16-12(11(15)14(18)17-13)9-7-5-4-6-8-9/h4-8,10H,3H2,1-2H3,(H,16,17,18). The highest BCUT2D eigenvalue weighted by Gasteiger charge is 2.16. The van der Waals surface area contributed by atoms with Gasteiger partial charge in [0.15, 0.2) is 0 Å². The van der Waals surface area contributed by atoms with E-state index in [1.807, 2.05) is 59.8 Å². The van der Waals surface area contributed by atoms with Crippen LogP contribution in [0.4, 0.5) is 0 Å². The molecule has 0 aliphatic heterocycles. The molecule has 1 N–H and O–H groups in total. The molecule has 0 aliphatic carbocycles. The molecule has 1 heterocycles. The lowest BCUT2D eigenvalue weighted by atomic mass is 10.1. The lowest BCUT2D eigenvalue weighted by Gasteiger charge is -2.14. The highest BCUT2D eigenvalue weighted by atomic mass is 127. The van der Waals surface area contributed by atoms with Crippen LogP contribution in [0.1, 0.15) is 25.3 Å². The Morgan fingerprint density at radius 3 is 2.63 bits per heavy atom. The molecule has 0 bridgehead atoms. The number of hydrogen-bond donors (Lipinski definition) is 1. The second-order valence-electron chi connectivity index (χ2n) is 4.11. The van der Waals surface area contributed by atoms with Gasteiger partial charge in [-0.1, -0.05) is 37.3 Å². The number of nitrogens with zero attached hydrogens (tertiary/aromatic N) is 1. The summed E-state index contributed by atoms with van der Waals surface area (Å²) in [7, 11) is 1.62. The summed E-state index contributed by atoms with van der Waals surface area (Å²) in [6.45, 7) is 1.99. The molecule has 0 fully saturated rings. The van der Waals surface area contributed by atoms with E-state index in [1.54, 1.807) is 7.11 Å². The second-order valence-corrected chi connectivity index (χ2v) is 5.19. The van der Waals surface area contributed by atoms with E-state index >= 15 is 0 Å². The van der Waals surface area contributed by atoms with E-state index in [0.29, 0.717) is 15.1 Å². The molecule has 1 atom stereocenters. The summed E-state index contributed by atoms with van der Waals surface area (Å²) >= 11 is 2.03. The van der Waals surface area contributed by atoms with E-state index in [9.17, 15) is 4.79 Å². The first-order valence-electron chi connectivity index (χ1n) is 6.05. The fraction of sp³-hybridized carbons (Fsp3) is 0.286. The van der Waals surface area contributed by atoms with Gasteiger partial charge in [0.05, 0.1) is 5.69 Å². The normalized spacial score (nSPS) is 12.4. The first-order valence-corrected chi connectivity index (χ1v) is 7.13. The third-order valence-corrected chi connectivity index (χ3v) is 3.89. The minimum absolute atomic E-state index is 0.125.